The predicted molar refractivity (Wildman–Crippen MR) is 152 cm³/mol. The Morgan fingerprint density at radius 2 is 1.88 bits per heavy atom. The summed E-state index contributed by atoms with van der Waals surface area (Å²) in [6.45, 7) is 9.97. The lowest BCUT2D eigenvalue weighted by atomic mass is 9.95. The van der Waals surface area contributed by atoms with Crippen LogP contribution in [0.3, 0.4) is 0 Å². The van der Waals surface area contributed by atoms with Crippen LogP contribution in [-0.2, 0) is 14.3 Å². The number of nitrogens with zero attached hydrogens (tertiary/aromatic N) is 2. The summed E-state index contributed by atoms with van der Waals surface area (Å²) in [5, 5.41) is 11.5. The summed E-state index contributed by atoms with van der Waals surface area (Å²) in [5.41, 5.74) is 1.11. The number of ether oxygens (including phenoxy) is 3. The van der Waals surface area contributed by atoms with Crippen molar-refractivity contribution in [2.24, 2.45) is 0 Å². The normalized spacial score (nSPS) is 16.2. The third-order valence-electron chi connectivity index (χ3n) is 6.04. The Bertz CT molecular complexity index is 1460. The second kappa shape index (κ2) is 12.6. The van der Waals surface area contributed by atoms with Crippen molar-refractivity contribution >= 4 is 39.9 Å². The molecule has 0 radical (unpaired) electrons. The van der Waals surface area contributed by atoms with Crippen molar-refractivity contribution in [2.75, 3.05) is 24.7 Å². The summed E-state index contributed by atoms with van der Waals surface area (Å²) >= 11 is 0.936. The fourth-order valence-corrected chi connectivity index (χ4v) is 5.23. The van der Waals surface area contributed by atoms with Crippen LogP contribution in [-0.4, -0.2) is 47.6 Å². The highest BCUT2D eigenvalue weighted by Gasteiger charge is 2.48. The topological polar surface area (TPSA) is 115 Å². The first-order chi connectivity index (χ1) is 19.3. The van der Waals surface area contributed by atoms with Gasteiger partial charge < -0.3 is 19.3 Å². The summed E-state index contributed by atoms with van der Waals surface area (Å²) in [6.07, 6.45) is 2.28. The van der Waals surface area contributed by atoms with Gasteiger partial charge in [-0.25, -0.2) is 9.78 Å². The van der Waals surface area contributed by atoms with Gasteiger partial charge in [-0.15, -0.1) is 0 Å². The monoisotopic (exact) mass is 562 g/mol. The average molecular weight is 563 g/mol. The largest absolute Gasteiger partial charge is 0.507 e. The van der Waals surface area contributed by atoms with Crippen molar-refractivity contribution in [2.45, 2.75) is 33.2 Å². The van der Waals surface area contributed by atoms with Crippen LogP contribution in [0.4, 0.5) is 5.13 Å². The Morgan fingerprint density at radius 3 is 2.55 bits per heavy atom. The molecule has 0 bridgehead atoms. The molecule has 1 unspecified atom stereocenters. The molecule has 40 heavy (non-hydrogen) atoms. The number of carbonyl (C=O) groups is 3. The molecule has 3 aromatic rings. The standard InChI is InChI=1S/C30H30N2O7S/c1-5-15-38-21-13-11-19(12-14-21)24-23(25(33)20-9-8-10-22(17-20)37-7-3)26(34)28(35)32(24)30-31-18(4)27(40-30)29(36)39-16-6-2/h6,8-14,17,24,33H,2,5,7,15-16H2,1,3-4H3/b25-23+. The molecule has 208 valence electrons. The van der Waals surface area contributed by atoms with Crippen LogP contribution < -0.4 is 14.4 Å². The number of benzene rings is 2. The van der Waals surface area contributed by atoms with Crippen LogP contribution in [0.2, 0.25) is 0 Å². The number of ketones is 1. The van der Waals surface area contributed by atoms with E-state index in [1.165, 1.54) is 11.0 Å². The lowest BCUT2D eigenvalue weighted by Crippen LogP contribution is -2.29. The SMILES string of the molecule is C=CCOC(=O)c1sc(N2C(=O)C(=O)/C(=C(/O)c3cccc(OCC)c3)C2c2ccc(OCCC)cc2)nc1C. The van der Waals surface area contributed by atoms with Crippen LogP contribution in [0.1, 0.15) is 52.8 Å². The van der Waals surface area contributed by atoms with Gasteiger partial charge in [-0.2, -0.15) is 0 Å². The summed E-state index contributed by atoms with van der Waals surface area (Å²) < 4.78 is 16.4. The van der Waals surface area contributed by atoms with E-state index in [0.717, 1.165) is 17.8 Å². The van der Waals surface area contributed by atoms with E-state index < -0.39 is 23.7 Å². The molecule has 0 spiro atoms. The lowest BCUT2D eigenvalue weighted by molar-refractivity contribution is -0.132. The molecule has 1 N–H and O–H groups in total. The molecule has 0 aliphatic carbocycles. The molecule has 10 heteroatoms. The molecule has 1 aliphatic rings. The molecule has 1 saturated heterocycles. The minimum Gasteiger partial charge on any atom is -0.507 e. The molecule has 1 aliphatic heterocycles. The van der Waals surface area contributed by atoms with E-state index in [1.54, 1.807) is 55.5 Å². The van der Waals surface area contributed by atoms with Gasteiger partial charge in [0.25, 0.3) is 5.78 Å². The summed E-state index contributed by atoms with van der Waals surface area (Å²) in [6, 6.07) is 12.6. The lowest BCUT2D eigenvalue weighted by Gasteiger charge is -2.23. The smallest absolute Gasteiger partial charge is 0.350 e. The highest BCUT2D eigenvalue weighted by atomic mass is 32.1. The molecule has 2 aromatic carbocycles. The number of hydrogen-bond acceptors (Lipinski definition) is 9. The number of anilines is 1. The highest BCUT2D eigenvalue weighted by Crippen LogP contribution is 2.44. The van der Waals surface area contributed by atoms with Gasteiger partial charge in [0.15, 0.2) is 5.13 Å². The van der Waals surface area contributed by atoms with Crippen molar-refractivity contribution < 1.29 is 33.7 Å². The number of amides is 1. The number of Topliss-reactive ketones (excluding diaryl/α,β-unsaturated/α-hetero) is 1. The predicted octanol–water partition coefficient (Wildman–Crippen LogP) is 5.61. The van der Waals surface area contributed by atoms with Crippen LogP contribution in [0.15, 0.2) is 66.8 Å². The van der Waals surface area contributed by atoms with Crippen molar-refractivity contribution in [3.63, 3.8) is 0 Å². The van der Waals surface area contributed by atoms with Gasteiger partial charge in [-0.3, -0.25) is 14.5 Å². The average Bonchev–Trinajstić information content (AvgIpc) is 3.47. The maximum absolute atomic E-state index is 13.5. The van der Waals surface area contributed by atoms with Crippen LogP contribution >= 0.6 is 11.3 Å². The number of aliphatic hydroxyl groups is 1. The number of rotatable bonds is 11. The fraction of sp³-hybridized carbons (Fsp3) is 0.267. The zero-order valence-corrected chi connectivity index (χ0v) is 23.3. The summed E-state index contributed by atoms with van der Waals surface area (Å²) in [5.74, 6) is -1.58. The zero-order chi connectivity index (χ0) is 28.8. The quantitative estimate of drug-likeness (QED) is 0.105. The summed E-state index contributed by atoms with van der Waals surface area (Å²) in [4.78, 5) is 45.4. The van der Waals surface area contributed by atoms with E-state index in [4.69, 9.17) is 14.2 Å². The Morgan fingerprint density at radius 1 is 1.12 bits per heavy atom. The summed E-state index contributed by atoms with van der Waals surface area (Å²) in [7, 11) is 0. The van der Waals surface area contributed by atoms with E-state index in [9.17, 15) is 19.5 Å². The molecular formula is C30H30N2O7S. The molecule has 1 amide bonds. The minimum atomic E-state index is -1.02. The van der Waals surface area contributed by atoms with Crippen molar-refractivity contribution in [1.82, 2.24) is 4.98 Å². The van der Waals surface area contributed by atoms with Crippen LogP contribution in [0.25, 0.3) is 5.76 Å². The maximum atomic E-state index is 13.5. The molecular weight excluding hydrogens is 532 g/mol. The Kier molecular flexibility index (Phi) is 9.00. The van der Waals surface area contributed by atoms with Crippen molar-refractivity contribution in [3.05, 3.63) is 88.5 Å². The molecule has 1 atom stereocenters. The molecule has 9 nitrogen and oxygen atoms in total. The van der Waals surface area contributed by atoms with Gasteiger partial charge in [-0.05, 0) is 50.1 Å². The molecule has 0 saturated carbocycles. The highest BCUT2D eigenvalue weighted by molar-refractivity contribution is 7.17. The number of aromatic nitrogens is 1. The first-order valence-corrected chi connectivity index (χ1v) is 13.6. The number of thiazole rings is 1. The van der Waals surface area contributed by atoms with Gasteiger partial charge in [0, 0.05) is 5.56 Å². The van der Waals surface area contributed by atoms with E-state index in [1.807, 2.05) is 13.8 Å². The van der Waals surface area contributed by atoms with Crippen LogP contribution in [0.5, 0.6) is 11.5 Å². The van der Waals surface area contributed by atoms with E-state index in [2.05, 4.69) is 11.6 Å². The van der Waals surface area contributed by atoms with E-state index in [0.29, 0.717) is 41.5 Å². The van der Waals surface area contributed by atoms with Crippen molar-refractivity contribution in [1.29, 1.82) is 0 Å². The molecule has 2 heterocycles. The molecule has 1 fully saturated rings. The number of carbonyl (C=O) groups excluding carboxylic acids is 3. The third kappa shape index (κ3) is 5.76. The van der Waals surface area contributed by atoms with Gasteiger partial charge in [0.2, 0.25) is 0 Å². The Labute approximate surface area is 236 Å². The fourth-order valence-electron chi connectivity index (χ4n) is 4.24. The van der Waals surface area contributed by atoms with Gasteiger partial charge in [-0.1, -0.05) is 55.2 Å². The minimum absolute atomic E-state index is 0.0171. The van der Waals surface area contributed by atoms with E-state index in [-0.39, 0.29) is 27.9 Å². The molecule has 4 rings (SSSR count). The van der Waals surface area contributed by atoms with Crippen molar-refractivity contribution in [3.8, 4) is 11.5 Å². The number of hydrogen-bond donors (Lipinski definition) is 1. The number of aryl methyl sites for hydroxylation is 1. The second-order valence-electron chi connectivity index (χ2n) is 8.85. The third-order valence-corrected chi connectivity index (χ3v) is 7.18. The Hall–Kier alpha value is -4.44. The first kappa shape index (κ1) is 28.6. The Balaban J connectivity index is 1.85. The number of esters is 1. The zero-order valence-electron chi connectivity index (χ0n) is 22.5. The van der Waals surface area contributed by atoms with Gasteiger partial charge in [0.05, 0.1) is 30.5 Å². The molecule has 1 aromatic heterocycles. The first-order valence-electron chi connectivity index (χ1n) is 12.8. The van der Waals surface area contributed by atoms with Gasteiger partial charge >= 0.3 is 11.9 Å². The van der Waals surface area contributed by atoms with E-state index >= 15 is 0 Å². The van der Waals surface area contributed by atoms with Gasteiger partial charge in [0.1, 0.15) is 28.7 Å². The number of aliphatic hydroxyl groups excluding tert-OH is 1. The maximum Gasteiger partial charge on any atom is 0.350 e. The van der Waals surface area contributed by atoms with Crippen LogP contribution in [0, 0.1) is 6.92 Å². The second-order valence-corrected chi connectivity index (χ2v) is 9.82.